The number of sulfonamides is 1. The van der Waals surface area contributed by atoms with Crippen molar-refractivity contribution in [3.8, 4) is 0 Å². The lowest BCUT2D eigenvalue weighted by atomic mass is 10.5. The highest BCUT2D eigenvalue weighted by atomic mass is 79.9. The lowest BCUT2D eigenvalue weighted by Gasteiger charge is -2.04. The fourth-order valence-electron chi connectivity index (χ4n) is 1.26. The molecule has 2 heterocycles. The van der Waals surface area contributed by atoms with Gasteiger partial charge in [-0.1, -0.05) is 0 Å². The van der Waals surface area contributed by atoms with Crippen molar-refractivity contribution < 1.29 is 8.42 Å². The largest absolute Gasteiger partial charge is 0.328 e. The Morgan fingerprint density at radius 3 is 2.72 bits per heavy atom. The first kappa shape index (κ1) is 13.5. The molecule has 0 aromatic carbocycles. The van der Waals surface area contributed by atoms with Crippen LogP contribution in [0.15, 0.2) is 43.9 Å². The monoisotopic (exact) mass is 348 g/mol. The van der Waals surface area contributed by atoms with Gasteiger partial charge in [-0.05, 0) is 28.1 Å². The minimum absolute atomic E-state index is 0.0396. The van der Waals surface area contributed by atoms with Crippen molar-refractivity contribution in [3.05, 3.63) is 49.5 Å². The first-order chi connectivity index (χ1) is 8.47. The van der Waals surface area contributed by atoms with E-state index in [0.717, 1.165) is 9.35 Å². The van der Waals surface area contributed by atoms with Crippen LogP contribution < -0.4 is 10.3 Å². The van der Waals surface area contributed by atoms with Gasteiger partial charge in [0.15, 0.2) is 0 Å². The molecule has 2 aromatic rings. The predicted octanol–water partition coefficient (Wildman–Crippen LogP) is 1.68. The van der Waals surface area contributed by atoms with Gasteiger partial charge in [0.2, 0.25) is 15.6 Å². The van der Waals surface area contributed by atoms with Crippen LogP contribution in [0.3, 0.4) is 0 Å². The van der Waals surface area contributed by atoms with Crippen LogP contribution in [0.5, 0.6) is 0 Å². The molecule has 5 nitrogen and oxygen atoms in total. The number of halogens is 1. The maximum atomic E-state index is 11.9. The van der Waals surface area contributed by atoms with E-state index in [4.69, 9.17) is 0 Å². The number of pyridine rings is 1. The van der Waals surface area contributed by atoms with Crippen LogP contribution in [0.4, 0.5) is 0 Å². The third-order valence-corrected chi connectivity index (χ3v) is 5.22. The third kappa shape index (κ3) is 3.29. The van der Waals surface area contributed by atoms with Crippen LogP contribution in [0, 0.1) is 0 Å². The molecule has 96 valence electrons. The van der Waals surface area contributed by atoms with Gasteiger partial charge in [0.1, 0.15) is 0 Å². The van der Waals surface area contributed by atoms with E-state index < -0.39 is 10.0 Å². The smallest absolute Gasteiger partial charge is 0.247 e. The highest BCUT2D eigenvalue weighted by Crippen LogP contribution is 2.19. The Hall–Kier alpha value is -0.960. The number of nitrogens with one attached hydrogen (secondary N) is 2. The van der Waals surface area contributed by atoms with Crippen LogP contribution >= 0.6 is 27.3 Å². The van der Waals surface area contributed by atoms with E-state index in [-0.39, 0.29) is 17.0 Å². The number of rotatable bonds is 4. The van der Waals surface area contributed by atoms with Crippen molar-refractivity contribution in [1.82, 2.24) is 9.71 Å². The molecule has 2 aromatic heterocycles. The average molecular weight is 349 g/mol. The summed E-state index contributed by atoms with van der Waals surface area (Å²) in [5, 5.41) is 1.88. The minimum atomic E-state index is -3.59. The van der Waals surface area contributed by atoms with Crippen molar-refractivity contribution in [1.29, 1.82) is 0 Å². The Morgan fingerprint density at radius 2 is 2.17 bits per heavy atom. The van der Waals surface area contributed by atoms with Crippen molar-refractivity contribution >= 4 is 37.3 Å². The van der Waals surface area contributed by atoms with E-state index in [9.17, 15) is 13.2 Å². The molecule has 0 amide bonds. The zero-order valence-corrected chi connectivity index (χ0v) is 12.2. The van der Waals surface area contributed by atoms with E-state index in [0.29, 0.717) is 0 Å². The molecular formula is C10H9BrN2O3S2. The summed E-state index contributed by atoms with van der Waals surface area (Å²) in [6.07, 6.45) is 1.18. The Morgan fingerprint density at radius 1 is 1.39 bits per heavy atom. The topological polar surface area (TPSA) is 79.0 Å². The summed E-state index contributed by atoms with van der Waals surface area (Å²) in [7, 11) is -3.59. The Kier molecular flexibility index (Phi) is 4.00. The van der Waals surface area contributed by atoms with Crippen LogP contribution in [0.1, 0.15) is 4.88 Å². The van der Waals surface area contributed by atoms with Crippen LogP contribution in [-0.2, 0) is 16.6 Å². The molecule has 0 saturated carbocycles. The summed E-state index contributed by atoms with van der Waals surface area (Å²) >= 11 is 4.76. The number of hydrogen-bond acceptors (Lipinski definition) is 4. The van der Waals surface area contributed by atoms with Crippen molar-refractivity contribution in [2.24, 2.45) is 0 Å². The zero-order valence-electron chi connectivity index (χ0n) is 9.01. The summed E-state index contributed by atoms with van der Waals surface area (Å²) in [4.78, 5) is 14.1. The molecule has 0 aliphatic rings. The molecule has 0 saturated heterocycles. The molecule has 2 rings (SSSR count). The minimum Gasteiger partial charge on any atom is -0.328 e. The number of hydrogen-bond donors (Lipinski definition) is 2. The second kappa shape index (κ2) is 5.35. The molecule has 18 heavy (non-hydrogen) atoms. The molecular weight excluding hydrogens is 340 g/mol. The maximum absolute atomic E-state index is 11.9. The number of aromatic amines is 1. The van der Waals surface area contributed by atoms with Gasteiger partial charge >= 0.3 is 0 Å². The quantitative estimate of drug-likeness (QED) is 0.882. The Balaban J connectivity index is 2.12. The Bertz CT molecular complexity index is 685. The summed E-state index contributed by atoms with van der Waals surface area (Å²) in [6, 6.07) is 4.29. The van der Waals surface area contributed by atoms with Gasteiger partial charge in [-0.15, -0.1) is 11.3 Å². The van der Waals surface area contributed by atoms with Gasteiger partial charge in [0.25, 0.3) is 0 Å². The van der Waals surface area contributed by atoms with Gasteiger partial charge in [-0.2, -0.15) is 0 Å². The molecule has 0 bridgehead atoms. The van der Waals surface area contributed by atoms with E-state index in [1.165, 1.54) is 29.7 Å². The molecule has 0 fully saturated rings. The second-order valence-electron chi connectivity index (χ2n) is 3.44. The fourth-order valence-corrected chi connectivity index (χ4v) is 3.71. The normalized spacial score (nSPS) is 11.6. The molecule has 0 aliphatic heterocycles. The summed E-state index contributed by atoms with van der Waals surface area (Å²) in [6.45, 7) is 0.220. The molecule has 0 atom stereocenters. The molecule has 0 aliphatic carbocycles. The van der Waals surface area contributed by atoms with E-state index in [2.05, 4.69) is 25.6 Å². The lowest BCUT2D eigenvalue weighted by Crippen LogP contribution is -2.23. The van der Waals surface area contributed by atoms with Gasteiger partial charge in [0, 0.05) is 33.5 Å². The maximum Gasteiger partial charge on any atom is 0.247 e. The summed E-state index contributed by atoms with van der Waals surface area (Å²) in [5.74, 6) is 0. The van der Waals surface area contributed by atoms with Crippen molar-refractivity contribution in [2.45, 2.75) is 11.4 Å². The molecule has 0 spiro atoms. The fraction of sp³-hybridized carbons (Fsp3) is 0.100. The van der Waals surface area contributed by atoms with Gasteiger partial charge < -0.3 is 4.98 Å². The van der Waals surface area contributed by atoms with Crippen LogP contribution in [0.25, 0.3) is 0 Å². The highest BCUT2D eigenvalue weighted by Gasteiger charge is 2.13. The standard InChI is InChI=1S/C10H9BrN2O3S2/c11-7-3-8(17-6-7)4-13-18(15,16)9-1-2-10(14)12-5-9/h1-3,5-6,13H,4H2,(H,12,14). The van der Waals surface area contributed by atoms with Gasteiger partial charge in [-0.3, -0.25) is 4.79 Å². The summed E-state index contributed by atoms with van der Waals surface area (Å²) < 4.78 is 27.2. The zero-order chi connectivity index (χ0) is 13.2. The number of thiophene rings is 1. The lowest BCUT2D eigenvalue weighted by molar-refractivity contribution is 0.581. The molecule has 2 N–H and O–H groups in total. The third-order valence-electron chi connectivity index (χ3n) is 2.12. The SMILES string of the molecule is O=c1ccc(S(=O)(=O)NCc2cc(Br)cs2)c[nH]1. The van der Waals surface area contributed by atoms with Crippen molar-refractivity contribution in [3.63, 3.8) is 0 Å². The predicted molar refractivity (Wildman–Crippen MR) is 73.1 cm³/mol. The van der Waals surface area contributed by atoms with E-state index in [1.54, 1.807) is 0 Å². The summed E-state index contributed by atoms with van der Waals surface area (Å²) in [5.41, 5.74) is -0.337. The average Bonchev–Trinajstić information content (AvgIpc) is 2.73. The first-order valence-corrected chi connectivity index (χ1v) is 8.04. The first-order valence-electron chi connectivity index (χ1n) is 4.89. The Labute approximate surface area is 116 Å². The van der Waals surface area contributed by atoms with Crippen molar-refractivity contribution in [2.75, 3.05) is 0 Å². The second-order valence-corrected chi connectivity index (χ2v) is 7.12. The molecule has 8 heteroatoms. The molecule has 0 unspecified atom stereocenters. The van der Waals surface area contributed by atoms with Gasteiger partial charge in [-0.25, -0.2) is 13.1 Å². The number of H-pyrrole nitrogens is 1. The molecule has 0 radical (unpaired) electrons. The van der Waals surface area contributed by atoms with Gasteiger partial charge in [0.05, 0.1) is 4.90 Å². The van der Waals surface area contributed by atoms with Crippen LogP contribution in [-0.4, -0.2) is 13.4 Å². The number of aromatic nitrogens is 1. The van der Waals surface area contributed by atoms with E-state index in [1.807, 2.05) is 11.4 Å². The van der Waals surface area contributed by atoms with Crippen LogP contribution in [0.2, 0.25) is 0 Å². The highest BCUT2D eigenvalue weighted by molar-refractivity contribution is 9.10. The van der Waals surface area contributed by atoms with E-state index >= 15 is 0 Å².